The SMILES string of the molecule is C[C@]12CCCC[C@H]1[C@H]2C(=O)N/N=C\c1ccc(-c2cc(Cl)ccc2Cl)o1. The Kier molecular flexibility index (Phi) is 4.57. The van der Waals surface area contributed by atoms with Gasteiger partial charge in [0.1, 0.15) is 11.5 Å². The number of nitrogens with one attached hydrogen (secondary N) is 1. The van der Waals surface area contributed by atoms with Crippen LogP contribution in [0.5, 0.6) is 0 Å². The van der Waals surface area contributed by atoms with Crippen molar-refractivity contribution in [3.05, 3.63) is 46.1 Å². The zero-order valence-electron chi connectivity index (χ0n) is 14.5. The molecule has 1 aromatic carbocycles. The molecule has 1 heterocycles. The first-order valence-electron chi connectivity index (χ1n) is 8.87. The molecule has 2 aliphatic rings. The van der Waals surface area contributed by atoms with Crippen LogP contribution in [-0.4, -0.2) is 12.1 Å². The minimum absolute atomic E-state index is 0.0142. The number of halogens is 2. The summed E-state index contributed by atoms with van der Waals surface area (Å²) in [5.41, 5.74) is 3.57. The van der Waals surface area contributed by atoms with Gasteiger partial charge >= 0.3 is 0 Å². The Bertz CT molecular complexity index is 876. The first kappa shape index (κ1) is 17.6. The van der Waals surface area contributed by atoms with Crippen LogP contribution in [0, 0.1) is 17.3 Å². The average Bonchev–Trinajstić information content (AvgIpc) is 2.98. The summed E-state index contributed by atoms with van der Waals surface area (Å²) in [7, 11) is 0. The second-order valence-electron chi connectivity index (χ2n) is 7.40. The van der Waals surface area contributed by atoms with Gasteiger partial charge in [-0.1, -0.05) is 43.0 Å². The van der Waals surface area contributed by atoms with E-state index in [-0.39, 0.29) is 17.2 Å². The number of carbonyl (C=O) groups is 1. The van der Waals surface area contributed by atoms with Gasteiger partial charge in [0.25, 0.3) is 0 Å². The van der Waals surface area contributed by atoms with Gasteiger partial charge < -0.3 is 4.42 Å². The molecule has 1 aromatic heterocycles. The molecule has 3 atom stereocenters. The third kappa shape index (κ3) is 3.17. The molecule has 136 valence electrons. The van der Waals surface area contributed by atoms with Crippen molar-refractivity contribution in [1.82, 2.24) is 5.43 Å². The van der Waals surface area contributed by atoms with Crippen molar-refractivity contribution in [2.24, 2.45) is 22.4 Å². The molecule has 0 bridgehead atoms. The molecule has 2 fully saturated rings. The van der Waals surface area contributed by atoms with E-state index in [1.165, 1.54) is 19.1 Å². The Labute approximate surface area is 162 Å². The molecule has 1 amide bonds. The van der Waals surface area contributed by atoms with Gasteiger partial charge in [-0.05, 0) is 54.5 Å². The summed E-state index contributed by atoms with van der Waals surface area (Å²) in [6.45, 7) is 2.22. The Hall–Kier alpha value is -1.78. The van der Waals surface area contributed by atoms with Crippen LogP contribution in [0.2, 0.25) is 10.0 Å². The van der Waals surface area contributed by atoms with E-state index in [1.54, 1.807) is 30.3 Å². The lowest BCUT2D eigenvalue weighted by atomic mass is 9.90. The predicted molar refractivity (Wildman–Crippen MR) is 103 cm³/mol. The van der Waals surface area contributed by atoms with Crippen molar-refractivity contribution in [3.63, 3.8) is 0 Å². The number of fused-ring (bicyclic) bond motifs is 1. The van der Waals surface area contributed by atoms with E-state index in [2.05, 4.69) is 17.5 Å². The second-order valence-corrected chi connectivity index (χ2v) is 8.24. The molecule has 0 spiro atoms. The maximum absolute atomic E-state index is 12.4. The molecule has 2 aliphatic carbocycles. The zero-order valence-corrected chi connectivity index (χ0v) is 16.0. The Morgan fingerprint density at radius 3 is 2.92 bits per heavy atom. The van der Waals surface area contributed by atoms with Crippen LogP contribution in [0.3, 0.4) is 0 Å². The number of benzene rings is 1. The fourth-order valence-electron chi connectivity index (χ4n) is 4.33. The lowest BCUT2D eigenvalue weighted by Crippen LogP contribution is -2.22. The maximum Gasteiger partial charge on any atom is 0.244 e. The minimum atomic E-state index is 0.0142. The van der Waals surface area contributed by atoms with E-state index in [1.807, 2.05) is 0 Å². The molecule has 2 aromatic rings. The van der Waals surface area contributed by atoms with Crippen LogP contribution in [0.25, 0.3) is 11.3 Å². The Balaban J connectivity index is 1.40. The van der Waals surface area contributed by atoms with Crippen LogP contribution >= 0.6 is 23.2 Å². The quantitative estimate of drug-likeness (QED) is 0.550. The lowest BCUT2D eigenvalue weighted by molar-refractivity contribution is -0.123. The van der Waals surface area contributed by atoms with Crippen LogP contribution in [-0.2, 0) is 4.79 Å². The van der Waals surface area contributed by atoms with Gasteiger partial charge in [-0.3, -0.25) is 4.79 Å². The molecule has 1 N–H and O–H groups in total. The zero-order chi connectivity index (χ0) is 18.3. The summed E-state index contributed by atoms with van der Waals surface area (Å²) in [6, 6.07) is 8.79. The number of hydrogen-bond donors (Lipinski definition) is 1. The normalized spacial score (nSPS) is 27.3. The third-order valence-corrected chi connectivity index (χ3v) is 6.37. The number of nitrogens with zero attached hydrogens (tertiary/aromatic N) is 1. The van der Waals surface area contributed by atoms with E-state index < -0.39 is 0 Å². The van der Waals surface area contributed by atoms with Gasteiger partial charge in [-0.15, -0.1) is 0 Å². The van der Waals surface area contributed by atoms with Gasteiger partial charge in [-0.2, -0.15) is 5.10 Å². The average molecular weight is 391 g/mol. The molecule has 26 heavy (non-hydrogen) atoms. The van der Waals surface area contributed by atoms with Crippen molar-refractivity contribution >= 4 is 35.3 Å². The third-order valence-electron chi connectivity index (χ3n) is 5.80. The number of hydrogen-bond acceptors (Lipinski definition) is 3. The number of rotatable bonds is 4. The highest BCUT2D eigenvalue weighted by Crippen LogP contribution is 2.66. The van der Waals surface area contributed by atoms with Crippen molar-refractivity contribution in [2.45, 2.75) is 32.6 Å². The molecule has 4 rings (SSSR count). The van der Waals surface area contributed by atoms with E-state index in [9.17, 15) is 4.79 Å². The number of furan rings is 1. The van der Waals surface area contributed by atoms with E-state index in [0.717, 1.165) is 18.4 Å². The summed E-state index contributed by atoms with van der Waals surface area (Å²) in [5, 5.41) is 5.21. The van der Waals surface area contributed by atoms with Gasteiger partial charge in [0.05, 0.1) is 11.2 Å². The first-order chi connectivity index (χ1) is 12.5. The highest BCUT2D eigenvalue weighted by Gasteiger charge is 2.64. The molecule has 2 saturated carbocycles. The summed E-state index contributed by atoms with van der Waals surface area (Å²) in [5.74, 6) is 1.77. The largest absolute Gasteiger partial charge is 0.455 e. The molecule has 4 nitrogen and oxygen atoms in total. The lowest BCUT2D eigenvalue weighted by Gasteiger charge is -2.15. The molecule has 0 unspecified atom stereocenters. The fraction of sp³-hybridized carbons (Fsp3) is 0.400. The topological polar surface area (TPSA) is 54.6 Å². The van der Waals surface area contributed by atoms with E-state index in [0.29, 0.717) is 27.5 Å². The van der Waals surface area contributed by atoms with Crippen LogP contribution < -0.4 is 5.43 Å². The van der Waals surface area contributed by atoms with Crippen LogP contribution in [0.1, 0.15) is 38.4 Å². The number of amides is 1. The summed E-state index contributed by atoms with van der Waals surface area (Å²) in [4.78, 5) is 12.4. The predicted octanol–water partition coefficient (Wildman–Crippen LogP) is 5.53. The minimum Gasteiger partial charge on any atom is -0.455 e. The van der Waals surface area contributed by atoms with Crippen molar-refractivity contribution in [1.29, 1.82) is 0 Å². The monoisotopic (exact) mass is 390 g/mol. The highest BCUT2D eigenvalue weighted by molar-refractivity contribution is 6.35. The molecule has 0 radical (unpaired) electrons. The van der Waals surface area contributed by atoms with E-state index >= 15 is 0 Å². The van der Waals surface area contributed by atoms with Crippen LogP contribution in [0.15, 0.2) is 39.9 Å². The maximum atomic E-state index is 12.4. The van der Waals surface area contributed by atoms with Gasteiger partial charge in [0.15, 0.2) is 0 Å². The number of carbonyl (C=O) groups excluding carboxylic acids is 1. The molecular formula is C20H20Cl2N2O2. The smallest absolute Gasteiger partial charge is 0.244 e. The molecule has 0 aliphatic heterocycles. The molecule has 0 saturated heterocycles. The van der Waals surface area contributed by atoms with Crippen molar-refractivity contribution < 1.29 is 9.21 Å². The summed E-state index contributed by atoms with van der Waals surface area (Å²) in [6.07, 6.45) is 6.26. The summed E-state index contributed by atoms with van der Waals surface area (Å²) < 4.78 is 5.73. The summed E-state index contributed by atoms with van der Waals surface area (Å²) >= 11 is 12.2. The molecular weight excluding hydrogens is 371 g/mol. The number of hydrazone groups is 1. The Morgan fingerprint density at radius 2 is 2.15 bits per heavy atom. The Morgan fingerprint density at radius 1 is 1.31 bits per heavy atom. The van der Waals surface area contributed by atoms with Gasteiger partial charge in [-0.25, -0.2) is 5.43 Å². The van der Waals surface area contributed by atoms with Gasteiger partial charge in [0, 0.05) is 16.5 Å². The second kappa shape index (κ2) is 6.75. The van der Waals surface area contributed by atoms with E-state index in [4.69, 9.17) is 27.6 Å². The van der Waals surface area contributed by atoms with Crippen LogP contribution in [0.4, 0.5) is 0 Å². The molecule has 6 heteroatoms. The van der Waals surface area contributed by atoms with Crippen molar-refractivity contribution in [2.75, 3.05) is 0 Å². The van der Waals surface area contributed by atoms with Gasteiger partial charge in [0.2, 0.25) is 5.91 Å². The first-order valence-corrected chi connectivity index (χ1v) is 9.63. The standard InChI is InChI=1S/C20H20Cl2N2O2/c1-20-9-3-2-4-15(20)18(20)19(25)24-23-11-13-6-8-17(26-13)14-10-12(21)5-7-16(14)22/h5-8,10-11,15,18H,2-4,9H2,1H3,(H,24,25)/b23-11-/t15-,18-,20-/m0/s1. The van der Waals surface area contributed by atoms with Crippen molar-refractivity contribution in [3.8, 4) is 11.3 Å². The highest BCUT2D eigenvalue weighted by atomic mass is 35.5. The fourth-order valence-corrected chi connectivity index (χ4v) is 4.72.